The fourth-order valence-electron chi connectivity index (χ4n) is 2.04. The second kappa shape index (κ2) is 8.37. The van der Waals surface area contributed by atoms with Crippen LogP contribution in [0, 0.1) is 5.92 Å². The van der Waals surface area contributed by atoms with Crippen LogP contribution >= 0.6 is 0 Å². The summed E-state index contributed by atoms with van der Waals surface area (Å²) in [4.78, 5) is 23.2. The van der Waals surface area contributed by atoms with Crippen molar-refractivity contribution in [3.8, 4) is 0 Å². The van der Waals surface area contributed by atoms with E-state index in [1.54, 1.807) is 6.08 Å². The Morgan fingerprint density at radius 2 is 2.25 bits per heavy atom. The van der Waals surface area contributed by atoms with E-state index in [1.807, 2.05) is 6.08 Å². The number of carbonyl (C=O) groups is 2. The SMILES string of the molecule is C=CCOC(=O)N[C@@H](C[C@H]1C=C[C@H](O)CC1)C(=O)OC. The molecule has 0 radical (unpaired) electrons. The molecule has 0 bridgehead atoms. The van der Waals surface area contributed by atoms with Crippen molar-refractivity contribution in [1.29, 1.82) is 0 Å². The van der Waals surface area contributed by atoms with Crippen LogP contribution in [0.4, 0.5) is 4.79 Å². The van der Waals surface area contributed by atoms with Crippen LogP contribution in [0.3, 0.4) is 0 Å². The topological polar surface area (TPSA) is 84.9 Å². The molecule has 6 heteroatoms. The summed E-state index contributed by atoms with van der Waals surface area (Å²) in [5, 5.41) is 11.9. The standard InChI is InChI=1S/C14H21NO5/c1-3-8-20-14(18)15-12(13(17)19-2)9-10-4-6-11(16)7-5-10/h3-4,6,10-12,16H,1,5,7-9H2,2H3,(H,15,18)/t10-,11-,12-/m0/s1. The normalized spacial score (nSPS) is 22.7. The zero-order chi connectivity index (χ0) is 15.0. The predicted octanol–water partition coefficient (Wildman–Crippen LogP) is 1.16. The van der Waals surface area contributed by atoms with E-state index < -0.39 is 24.2 Å². The molecule has 1 rings (SSSR count). The minimum Gasteiger partial charge on any atom is -0.467 e. The summed E-state index contributed by atoms with van der Waals surface area (Å²) in [6.07, 6.45) is 5.73. The Labute approximate surface area is 118 Å². The molecule has 0 heterocycles. The van der Waals surface area contributed by atoms with E-state index in [1.165, 1.54) is 13.2 Å². The van der Waals surface area contributed by atoms with Crippen LogP contribution < -0.4 is 5.32 Å². The molecular weight excluding hydrogens is 262 g/mol. The fraction of sp³-hybridized carbons (Fsp3) is 0.571. The number of aliphatic hydroxyl groups is 1. The van der Waals surface area contributed by atoms with Crippen molar-refractivity contribution in [2.75, 3.05) is 13.7 Å². The summed E-state index contributed by atoms with van der Waals surface area (Å²) in [5.74, 6) is -0.401. The highest BCUT2D eigenvalue weighted by Crippen LogP contribution is 2.22. The monoisotopic (exact) mass is 283 g/mol. The van der Waals surface area contributed by atoms with Crippen LogP contribution in [-0.2, 0) is 14.3 Å². The van der Waals surface area contributed by atoms with E-state index in [4.69, 9.17) is 4.74 Å². The number of aliphatic hydroxyl groups excluding tert-OH is 1. The number of methoxy groups -OCH3 is 1. The summed E-state index contributed by atoms with van der Waals surface area (Å²) in [5.41, 5.74) is 0. The number of ether oxygens (including phenoxy) is 2. The fourth-order valence-corrected chi connectivity index (χ4v) is 2.04. The Morgan fingerprint density at radius 3 is 2.80 bits per heavy atom. The molecule has 0 saturated carbocycles. The van der Waals surface area contributed by atoms with Crippen LogP contribution in [0.2, 0.25) is 0 Å². The molecule has 0 aromatic rings. The van der Waals surface area contributed by atoms with Crippen molar-refractivity contribution >= 4 is 12.1 Å². The second-order valence-electron chi connectivity index (χ2n) is 4.63. The molecule has 0 aromatic heterocycles. The molecule has 0 aliphatic heterocycles. The van der Waals surface area contributed by atoms with E-state index >= 15 is 0 Å². The van der Waals surface area contributed by atoms with Crippen LogP contribution in [0.25, 0.3) is 0 Å². The van der Waals surface area contributed by atoms with Crippen molar-refractivity contribution < 1.29 is 24.2 Å². The van der Waals surface area contributed by atoms with Crippen LogP contribution in [0.15, 0.2) is 24.8 Å². The van der Waals surface area contributed by atoms with E-state index in [0.29, 0.717) is 12.8 Å². The molecule has 3 atom stereocenters. The van der Waals surface area contributed by atoms with Crippen molar-refractivity contribution in [1.82, 2.24) is 5.32 Å². The van der Waals surface area contributed by atoms with E-state index in [9.17, 15) is 14.7 Å². The lowest BCUT2D eigenvalue weighted by molar-refractivity contribution is -0.143. The lowest BCUT2D eigenvalue weighted by Crippen LogP contribution is -2.43. The smallest absolute Gasteiger partial charge is 0.408 e. The lowest BCUT2D eigenvalue weighted by Gasteiger charge is -2.23. The maximum absolute atomic E-state index is 11.7. The largest absolute Gasteiger partial charge is 0.467 e. The molecule has 112 valence electrons. The number of amides is 1. The zero-order valence-electron chi connectivity index (χ0n) is 11.6. The molecule has 0 unspecified atom stereocenters. The van der Waals surface area contributed by atoms with Gasteiger partial charge in [0.1, 0.15) is 12.6 Å². The van der Waals surface area contributed by atoms with Gasteiger partial charge in [-0.1, -0.05) is 24.8 Å². The Morgan fingerprint density at radius 1 is 1.50 bits per heavy atom. The van der Waals surface area contributed by atoms with Gasteiger partial charge in [-0.15, -0.1) is 0 Å². The summed E-state index contributed by atoms with van der Waals surface area (Å²) < 4.78 is 9.47. The molecule has 2 N–H and O–H groups in total. The molecule has 1 aliphatic rings. The maximum atomic E-state index is 11.7. The Kier molecular flexibility index (Phi) is 6.79. The highest BCUT2D eigenvalue weighted by atomic mass is 16.6. The number of alkyl carbamates (subject to hydrolysis) is 1. The Balaban J connectivity index is 2.56. The highest BCUT2D eigenvalue weighted by Gasteiger charge is 2.26. The van der Waals surface area contributed by atoms with Gasteiger partial charge in [-0.05, 0) is 25.2 Å². The predicted molar refractivity (Wildman–Crippen MR) is 73.0 cm³/mol. The maximum Gasteiger partial charge on any atom is 0.408 e. The zero-order valence-corrected chi connectivity index (χ0v) is 11.6. The number of carbonyl (C=O) groups excluding carboxylic acids is 2. The molecule has 0 spiro atoms. The number of hydrogen-bond donors (Lipinski definition) is 2. The quantitative estimate of drug-likeness (QED) is 0.564. The first kappa shape index (κ1) is 16.2. The summed E-state index contributed by atoms with van der Waals surface area (Å²) in [6, 6.07) is -0.762. The number of allylic oxidation sites excluding steroid dienone is 1. The number of esters is 1. The van der Waals surface area contributed by atoms with Crippen molar-refractivity contribution in [3.63, 3.8) is 0 Å². The van der Waals surface area contributed by atoms with Crippen LogP contribution in [-0.4, -0.2) is 43.0 Å². The van der Waals surface area contributed by atoms with Crippen molar-refractivity contribution in [3.05, 3.63) is 24.8 Å². The summed E-state index contributed by atoms with van der Waals surface area (Å²) >= 11 is 0. The average molecular weight is 283 g/mol. The van der Waals surface area contributed by atoms with Crippen molar-refractivity contribution in [2.24, 2.45) is 5.92 Å². The van der Waals surface area contributed by atoms with Gasteiger partial charge in [-0.2, -0.15) is 0 Å². The molecule has 1 amide bonds. The number of rotatable bonds is 6. The van der Waals surface area contributed by atoms with E-state index in [2.05, 4.69) is 16.6 Å². The number of nitrogens with one attached hydrogen (secondary N) is 1. The Hall–Kier alpha value is -1.82. The van der Waals surface area contributed by atoms with Gasteiger partial charge < -0.3 is 19.9 Å². The summed E-state index contributed by atoms with van der Waals surface area (Å²) in [6.45, 7) is 3.51. The summed E-state index contributed by atoms with van der Waals surface area (Å²) in [7, 11) is 1.27. The third kappa shape index (κ3) is 5.44. The van der Waals surface area contributed by atoms with Gasteiger partial charge in [0.15, 0.2) is 0 Å². The lowest BCUT2D eigenvalue weighted by atomic mass is 9.89. The van der Waals surface area contributed by atoms with Gasteiger partial charge in [-0.3, -0.25) is 0 Å². The minimum atomic E-state index is -0.762. The van der Waals surface area contributed by atoms with Gasteiger partial charge in [0.2, 0.25) is 0 Å². The van der Waals surface area contributed by atoms with Crippen molar-refractivity contribution in [2.45, 2.75) is 31.4 Å². The van der Waals surface area contributed by atoms with Crippen LogP contribution in [0.1, 0.15) is 19.3 Å². The molecule has 0 saturated heterocycles. The second-order valence-corrected chi connectivity index (χ2v) is 4.63. The number of hydrogen-bond acceptors (Lipinski definition) is 5. The molecule has 0 aromatic carbocycles. The van der Waals surface area contributed by atoms with E-state index in [0.717, 1.165) is 6.42 Å². The molecule has 0 fully saturated rings. The van der Waals surface area contributed by atoms with Gasteiger partial charge in [0.05, 0.1) is 13.2 Å². The molecule has 20 heavy (non-hydrogen) atoms. The Bertz CT molecular complexity index is 380. The molecular formula is C14H21NO5. The molecule has 1 aliphatic carbocycles. The first-order valence-electron chi connectivity index (χ1n) is 6.55. The van der Waals surface area contributed by atoms with Crippen LogP contribution in [0.5, 0.6) is 0 Å². The van der Waals surface area contributed by atoms with Gasteiger partial charge in [0, 0.05) is 0 Å². The first-order chi connectivity index (χ1) is 9.56. The first-order valence-corrected chi connectivity index (χ1v) is 6.55. The third-order valence-corrected chi connectivity index (χ3v) is 3.09. The third-order valence-electron chi connectivity index (χ3n) is 3.09. The molecule has 6 nitrogen and oxygen atoms in total. The van der Waals surface area contributed by atoms with Gasteiger partial charge in [0.25, 0.3) is 0 Å². The van der Waals surface area contributed by atoms with Gasteiger partial charge in [-0.25, -0.2) is 9.59 Å². The minimum absolute atomic E-state index is 0.0786. The van der Waals surface area contributed by atoms with Gasteiger partial charge >= 0.3 is 12.1 Å². The average Bonchev–Trinajstić information content (AvgIpc) is 2.45. The highest BCUT2D eigenvalue weighted by molar-refractivity contribution is 5.81. The van der Waals surface area contributed by atoms with E-state index in [-0.39, 0.29) is 12.5 Å².